The lowest BCUT2D eigenvalue weighted by Gasteiger charge is -2.52. The van der Waals surface area contributed by atoms with E-state index in [2.05, 4.69) is 4.72 Å². The second-order valence-corrected chi connectivity index (χ2v) is 13.6. The molecule has 1 amide bonds. The number of sulfonamides is 1. The summed E-state index contributed by atoms with van der Waals surface area (Å²) in [6.07, 6.45) is 0.291. The fourth-order valence-electron chi connectivity index (χ4n) is 5.62. The Kier molecular flexibility index (Phi) is 9.71. The van der Waals surface area contributed by atoms with Crippen molar-refractivity contribution >= 4 is 56.7 Å². The minimum Gasteiger partial charge on any atom is -0.481 e. The molecule has 0 aromatic heterocycles. The van der Waals surface area contributed by atoms with Gasteiger partial charge < -0.3 is 10.0 Å². The van der Waals surface area contributed by atoms with E-state index in [1.807, 2.05) is 37.3 Å². The van der Waals surface area contributed by atoms with Gasteiger partial charge in [0.25, 0.3) is 0 Å². The average molecular weight is 638 g/mol. The van der Waals surface area contributed by atoms with Gasteiger partial charge in [0, 0.05) is 33.6 Å². The van der Waals surface area contributed by atoms with Crippen molar-refractivity contribution in [2.45, 2.75) is 56.0 Å². The smallest absolute Gasteiger partial charge is 0.304 e. The number of hydrogen-bond donors (Lipinski definition) is 2. The van der Waals surface area contributed by atoms with Crippen LogP contribution >= 0.6 is 34.8 Å². The molecular formula is C30H31Cl3N2O5S. The van der Waals surface area contributed by atoms with Crippen LogP contribution in [-0.2, 0) is 19.6 Å². The summed E-state index contributed by atoms with van der Waals surface area (Å²) in [4.78, 5) is 28.0. The van der Waals surface area contributed by atoms with E-state index in [1.165, 1.54) is 24.3 Å². The van der Waals surface area contributed by atoms with Crippen LogP contribution in [0.1, 0.15) is 56.2 Å². The molecule has 4 rings (SSSR count). The number of piperidine rings is 1. The van der Waals surface area contributed by atoms with Gasteiger partial charge in [0.15, 0.2) is 0 Å². The zero-order valence-corrected chi connectivity index (χ0v) is 25.6. The number of nitrogens with one attached hydrogen (secondary N) is 1. The Morgan fingerprint density at radius 3 is 2.17 bits per heavy atom. The normalized spacial score (nSPS) is 22.0. The van der Waals surface area contributed by atoms with Crippen molar-refractivity contribution in [2.24, 2.45) is 5.41 Å². The second kappa shape index (κ2) is 12.7. The van der Waals surface area contributed by atoms with E-state index in [0.717, 1.165) is 11.1 Å². The van der Waals surface area contributed by atoms with Crippen LogP contribution in [0.25, 0.3) is 0 Å². The lowest BCUT2D eigenvalue weighted by Crippen LogP contribution is -2.58. The molecule has 0 spiro atoms. The molecule has 0 radical (unpaired) electrons. The summed E-state index contributed by atoms with van der Waals surface area (Å²) in [6, 6.07) is 19.2. The van der Waals surface area contributed by atoms with Crippen LogP contribution in [0.3, 0.4) is 0 Å². The van der Waals surface area contributed by atoms with Gasteiger partial charge in [-0.1, -0.05) is 72.9 Å². The summed E-state index contributed by atoms with van der Waals surface area (Å²) in [6.45, 7) is 3.45. The summed E-state index contributed by atoms with van der Waals surface area (Å²) in [5.41, 5.74) is 0.400. The topological polar surface area (TPSA) is 104 Å². The molecule has 3 aromatic rings. The Morgan fingerprint density at radius 2 is 1.61 bits per heavy atom. The Balaban J connectivity index is 1.81. The maximum atomic E-state index is 14.3. The van der Waals surface area contributed by atoms with Crippen LogP contribution in [0, 0.1) is 5.41 Å². The Morgan fingerprint density at radius 1 is 1.00 bits per heavy atom. The van der Waals surface area contributed by atoms with Crippen molar-refractivity contribution in [2.75, 3.05) is 6.54 Å². The Labute approximate surface area is 255 Å². The van der Waals surface area contributed by atoms with E-state index in [1.54, 1.807) is 30.0 Å². The molecule has 1 aliphatic heterocycles. The minimum atomic E-state index is -3.92. The number of nitrogens with zero attached hydrogens (tertiary/aromatic N) is 1. The summed E-state index contributed by atoms with van der Waals surface area (Å²) in [7, 11) is -3.92. The van der Waals surface area contributed by atoms with Crippen molar-refractivity contribution in [3.8, 4) is 0 Å². The number of benzene rings is 3. The lowest BCUT2D eigenvalue weighted by atomic mass is 9.67. The predicted octanol–water partition coefficient (Wildman–Crippen LogP) is 6.94. The fourth-order valence-corrected chi connectivity index (χ4v) is 7.15. The molecule has 0 aliphatic carbocycles. The van der Waals surface area contributed by atoms with Gasteiger partial charge in [-0.05, 0) is 72.5 Å². The SMILES string of the molecule is CC[C@@H](CNS(=O)(=O)c1ccc(Cl)cc1)N1C(=O)[C@](C)(CC(=O)O)C[C@H](c2cccc(Cl)c2)[C@H]1c1ccc(Cl)cc1. The number of carbonyl (C=O) groups is 2. The molecule has 2 N–H and O–H groups in total. The number of carboxylic acids is 1. The van der Waals surface area contributed by atoms with Gasteiger partial charge in [0.2, 0.25) is 15.9 Å². The van der Waals surface area contributed by atoms with Crippen LogP contribution in [0.5, 0.6) is 0 Å². The first kappa shape index (κ1) is 31.3. The summed E-state index contributed by atoms with van der Waals surface area (Å²) in [5.74, 6) is -1.78. The minimum absolute atomic E-state index is 0.0449. The monoisotopic (exact) mass is 636 g/mol. The first-order chi connectivity index (χ1) is 19.3. The number of carboxylic acid groups (broad SMARTS) is 1. The van der Waals surface area contributed by atoms with Gasteiger partial charge in [-0.15, -0.1) is 0 Å². The van der Waals surface area contributed by atoms with E-state index in [9.17, 15) is 23.1 Å². The number of aliphatic carboxylic acids is 1. The van der Waals surface area contributed by atoms with Crippen LogP contribution in [0.4, 0.5) is 0 Å². The number of amides is 1. The highest BCUT2D eigenvalue weighted by atomic mass is 35.5. The number of rotatable bonds is 10. The van der Waals surface area contributed by atoms with Crippen molar-refractivity contribution in [3.63, 3.8) is 0 Å². The summed E-state index contributed by atoms with van der Waals surface area (Å²) in [5, 5.41) is 11.2. The molecule has 0 bridgehead atoms. The number of halogens is 3. The van der Waals surface area contributed by atoms with Crippen LogP contribution in [0.2, 0.25) is 15.1 Å². The molecule has 0 saturated carbocycles. The van der Waals surface area contributed by atoms with Crippen molar-refractivity contribution in [3.05, 3.63) is 99.0 Å². The highest BCUT2D eigenvalue weighted by molar-refractivity contribution is 7.89. The second-order valence-electron chi connectivity index (χ2n) is 10.6. The van der Waals surface area contributed by atoms with Gasteiger partial charge in [-0.25, -0.2) is 13.1 Å². The Bertz CT molecular complexity index is 1520. The fraction of sp³-hybridized carbons (Fsp3) is 0.333. The van der Waals surface area contributed by atoms with Crippen molar-refractivity contribution < 1.29 is 23.1 Å². The molecule has 4 atom stereocenters. The zero-order valence-electron chi connectivity index (χ0n) is 22.6. The molecule has 218 valence electrons. The third-order valence-electron chi connectivity index (χ3n) is 7.63. The zero-order chi connectivity index (χ0) is 29.9. The van der Waals surface area contributed by atoms with Gasteiger partial charge in [0.05, 0.1) is 22.8 Å². The summed E-state index contributed by atoms with van der Waals surface area (Å²) < 4.78 is 29.0. The van der Waals surface area contributed by atoms with Crippen LogP contribution in [-0.4, -0.2) is 42.9 Å². The van der Waals surface area contributed by atoms with E-state index < -0.39 is 33.5 Å². The first-order valence-corrected chi connectivity index (χ1v) is 15.8. The third kappa shape index (κ3) is 7.07. The molecule has 0 unspecified atom stereocenters. The molecule has 41 heavy (non-hydrogen) atoms. The van der Waals surface area contributed by atoms with Crippen LogP contribution in [0.15, 0.2) is 77.7 Å². The Hall–Kier alpha value is -2.62. The molecule has 1 saturated heterocycles. The van der Waals surface area contributed by atoms with E-state index in [4.69, 9.17) is 34.8 Å². The number of hydrogen-bond acceptors (Lipinski definition) is 4. The van der Waals surface area contributed by atoms with Gasteiger partial charge in [0.1, 0.15) is 0 Å². The third-order valence-corrected chi connectivity index (χ3v) is 9.81. The predicted molar refractivity (Wildman–Crippen MR) is 161 cm³/mol. The molecular weight excluding hydrogens is 607 g/mol. The molecule has 1 aliphatic rings. The van der Waals surface area contributed by atoms with Gasteiger partial charge in [-0.2, -0.15) is 0 Å². The molecule has 11 heteroatoms. The van der Waals surface area contributed by atoms with E-state index in [0.29, 0.717) is 21.5 Å². The largest absolute Gasteiger partial charge is 0.481 e. The maximum absolute atomic E-state index is 14.3. The lowest BCUT2D eigenvalue weighted by molar-refractivity contribution is -0.160. The maximum Gasteiger partial charge on any atom is 0.304 e. The quantitative estimate of drug-likeness (QED) is 0.251. The number of carbonyl (C=O) groups excluding carboxylic acids is 1. The molecule has 3 aromatic carbocycles. The first-order valence-electron chi connectivity index (χ1n) is 13.2. The van der Waals surface area contributed by atoms with E-state index >= 15 is 0 Å². The standard InChI is InChI=1S/C30H31Cl3N2O5S/c1-3-24(18-34-41(39,40)25-13-11-22(32)12-14-25)35-28(19-7-9-21(31)10-8-19)26(20-5-4-6-23(33)15-20)16-30(2,29(35)38)17-27(36)37/h4-15,24,26,28,34H,3,16-18H2,1-2H3,(H,36,37)/t24-,26+,28+,30-/m0/s1. The van der Waals surface area contributed by atoms with E-state index in [-0.39, 0.29) is 36.1 Å². The van der Waals surface area contributed by atoms with Crippen molar-refractivity contribution in [1.29, 1.82) is 0 Å². The number of likely N-dealkylation sites (tertiary alicyclic amines) is 1. The molecule has 7 nitrogen and oxygen atoms in total. The van der Waals surface area contributed by atoms with Gasteiger partial charge >= 0.3 is 5.97 Å². The molecule has 1 heterocycles. The van der Waals surface area contributed by atoms with Gasteiger partial charge in [-0.3, -0.25) is 9.59 Å². The highest BCUT2D eigenvalue weighted by Gasteiger charge is 2.52. The summed E-state index contributed by atoms with van der Waals surface area (Å²) >= 11 is 18.5. The average Bonchev–Trinajstić information content (AvgIpc) is 2.91. The van der Waals surface area contributed by atoms with Crippen molar-refractivity contribution in [1.82, 2.24) is 9.62 Å². The van der Waals surface area contributed by atoms with Crippen LogP contribution < -0.4 is 4.72 Å². The highest BCUT2D eigenvalue weighted by Crippen LogP contribution is 2.52. The molecule has 1 fully saturated rings.